The van der Waals surface area contributed by atoms with Gasteiger partial charge in [0.05, 0.1) is 12.8 Å². The Morgan fingerprint density at radius 3 is 2.23 bits per heavy atom. The third kappa shape index (κ3) is 3.06. The third-order valence-corrected chi connectivity index (χ3v) is 3.16. The summed E-state index contributed by atoms with van der Waals surface area (Å²) in [7, 11) is 1.60. The molecule has 1 heterocycles. The summed E-state index contributed by atoms with van der Waals surface area (Å²) in [6, 6.07) is 17.4. The third-order valence-electron chi connectivity index (χ3n) is 3.16. The fourth-order valence-electron chi connectivity index (χ4n) is 2.10. The van der Waals surface area contributed by atoms with E-state index in [2.05, 4.69) is 9.97 Å². The van der Waals surface area contributed by atoms with Crippen LogP contribution in [0.5, 0.6) is 17.4 Å². The average molecular weight is 292 g/mol. The summed E-state index contributed by atoms with van der Waals surface area (Å²) < 4.78 is 11.1. The summed E-state index contributed by atoms with van der Waals surface area (Å²) >= 11 is 0. The van der Waals surface area contributed by atoms with Gasteiger partial charge in [-0.15, -0.1) is 0 Å². The molecule has 0 aliphatic carbocycles. The summed E-state index contributed by atoms with van der Waals surface area (Å²) in [4.78, 5) is 8.75. The molecule has 0 bridgehead atoms. The highest BCUT2D eigenvalue weighted by Gasteiger charge is 2.09. The zero-order valence-corrected chi connectivity index (χ0v) is 12.5. The summed E-state index contributed by atoms with van der Waals surface area (Å²) in [6.45, 7) is 1.89. The van der Waals surface area contributed by atoms with E-state index in [1.807, 2.05) is 61.5 Å². The summed E-state index contributed by atoms with van der Waals surface area (Å²) in [5, 5.41) is 0. The van der Waals surface area contributed by atoms with E-state index in [4.69, 9.17) is 9.47 Å². The lowest BCUT2D eigenvalue weighted by Crippen LogP contribution is -1.96. The molecule has 3 aromatic rings. The number of methoxy groups -OCH3 is 1. The second-order valence-electron chi connectivity index (χ2n) is 4.81. The molecule has 0 fully saturated rings. The molecule has 1 aromatic heterocycles. The molecule has 0 saturated carbocycles. The van der Waals surface area contributed by atoms with E-state index in [1.54, 1.807) is 13.3 Å². The summed E-state index contributed by atoms with van der Waals surface area (Å²) in [6.07, 6.45) is 1.73. The lowest BCUT2D eigenvalue weighted by Gasteiger charge is -2.09. The van der Waals surface area contributed by atoms with E-state index < -0.39 is 0 Å². The van der Waals surface area contributed by atoms with Gasteiger partial charge in [-0.1, -0.05) is 18.2 Å². The van der Waals surface area contributed by atoms with Crippen molar-refractivity contribution >= 4 is 0 Å². The number of hydrogen-bond acceptors (Lipinski definition) is 4. The molecule has 22 heavy (non-hydrogen) atoms. The quantitative estimate of drug-likeness (QED) is 0.721. The number of aryl methyl sites for hydroxylation is 1. The zero-order valence-electron chi connectivity index (χ0n) is 12.5. The Labute approximate surface area is 129 Å². The Hall–Kier alpha value is -2.88. The number of benzene rings is 2. The lowest BCUT2D eigenvalue weighted by atomic mass is 10.1. The fourth-order valence-corrected chi connectivity index (χ4v) is 2.10. The molecule has 0 amide bonds. The highest BCUT2D eigenvalue weighted by Crippen LogP contribution is 2.29. The predicted molar refractivity (Wildman–Crippen MR) is 85.3 cm³/mol. The molecule has 110 valence electrons. The fraction of sp³-hybridized carbons (Fsp3) is 0.111. The molecule has 0 radical (unpaired) electrons. The Balaban J connectivity index is 1.85. The van der Waals surface area contributed by atoms with Gasteiger partial charge in [0, 0.05) is 11.8 Å². The number of ether oxygens (including phenoxy) is 2. The van der Waals surface area contributed by atoms with E-state index >= 15 is 0 Å². The highest BCUT2D eigenvalue weighted by molar-refractivity contribution is 5.65. The Bertz CT molecular complexity index is 756. The van der Waals surface area contributed by atoms with Crippen LogP contribution < -0.4 is 9.47 Å². The topological polar surface area (TPSA) is 44.2 Å². The van der Waals surface area contributed by atoms with Gasteiger partial charge in [0.25, 0.3) is 0 Å². The van der Waals surface area contributed by atoms with Crippen molar-refractivity contribution in [2.75, 3.05) is 7.11 Å². The van der Waals surface area contributed by atoms with E-state index in [0.29, 0.717) is 5.88 Å². The number of rotatable bonds is 4. The second-order valence-corrected chi connectivity index (χ2v) is 4.81. The van der Waals surface area contributed by atoms with Gasteiger partial charge in [-0.3, -0.25) is 0 Å². The molecule has 0 unspecified atom stereocenters. The molecule has 4 heteroatoms. The van der Waals surface area contributed by atoms with Crippen LogP contribution in [-0.2, 0) is 0 Å². The first-order chi connectivity index (χ1) is 10.8. The van der Waals surface area contributed by atoms with Crippen molar-refractivity contribution in [2.24, 2.45) is 0 Å². The van der Waals surface area contributed by atoms with Crippen LogP contribution in [0.2, 0.25) is 0 Å². The minimum absolute atomic E-state index is 0.525. The number of aromatic nitrogens is 2. The minimum atomic E-state index is 0.525. The van der Waals surface area contributed by atoms with Gasteiger partial charge in [-0.25, -0.2) is 9.97 Å². The molecule has 0 aliphatic heterocycles. The normalized spacial score (nSPS) is 10.3. The van der Waals surface area contributed by atoms with Crippen LogP contribution in [0.15, 0.2) is 60.8 Å². The molecule has 0 N–H and O–H groups in total. The zero-order chi connectivity index (χ0) is 15.4. The molecule has 4 nitrogen and oxygen atoms in total. The predicted octanol–water partition coefficient (Wildman–Crippen LogP) is 4.25. The van der Waals surface area contributed by atoms with Gasteiger partial charge in [0.1, 0.15) is 17.2 Å². The monoisotopic (exact) mass is 292 g/mol. The maximum atomic E-state index is 5.78. The van der Waals surface area contributed by atoms with Crippen LogP contribution in [0.4, 0.5) is 0 Å². The van der Waals surface area contributed by atoms with Crippen LogP contribution in [-0.4, -0.2) is 17.1 Å². The van der Waals surface area contributed by atoms with Crippen LogP contribution in [0, 0.1) is 6.92 Å². The molecular formula is C18H16N2O2. The standard InChI is InChI=1S/C18H16N2O2/c1-13-12-19-17(18(20-13)21-2)14-8-10-16(11-9-14)22-15-6-4-3-5-7-15/h3-12H,1-2H3. The van der Waals surface area contributed by atoms with E-state index in [-0.39, 0.29) is 0 Å². The van der Waals surface area contributed by atoms with Gasteiger partial charge in [-0.05, 0) is 43.3 Å². The Morgan fingerprint density at radius 2 is 1.55 bits per heavy atom. The van der Waals surface area contributed by atoms with Gasteiger partial charge < -0.3 is 9.47 Å². The van der Waals surface area contributed by atoms with Crippen molar-refractivity contribution in [3.8, 4) is 28.6 Å². The van der Waals surface area contributed by atoms with E-state index in [9.17, 15) is 0 Å². The summed E-state index contributed by atoms with van der Waals surface area (Å²) in [5.74, 6) is 2.11. The average Bonchev–Trinajstić information content (AvgIpc) is 2.56. The SMILES string of the molecule is COc1nc(C)cnc1-c1ccc(Oc2ccccc2)cc1. The van der Waals surface area contributed by atoms with Crippen LogP contribution in [0.3, 0.4) is 0 Å². The smallest absolute Gasteiger partial charge is 0.240 e. The first-order valence-corrected chi connectivity index (χ1v) is 6.97. The van der Waals surface area contributed by atoms with Crippen molar-refractivity contribution in [1.29, 1.82) is 0 Å². The first kappa shape index (κ1) is 14.1. The second kappa shape index (κ2) is 6.26. The minimum Gasteiger partial charge on any atom is -0.479 e. The summed E-state index contributed by atoms with van der Waals surface area (Å²) in [5.41, 5.74) is 2.48. The van der Waals surface area contributed by atoms with Crippen molar-refractivity contribution in [1.82, 2.24) is 9.97 Å². The van der Waals surface area contributed by atoms with Crippen molar-refractivity contribution in [3.05, 3.63) is 66.5 Å². The maximum absolute atomic E-state index is 5.78. The molecule has 0 atom stereocenters. The Morgan fingerprint density at radius 1 is 0.864 bits per heavy atom. The number of para-hydroxylation sites is 1. The lowest BCUT2D eigenvalue weighted by molar-refractivity contribution is 0.396. The van der Waals surface area contributed by atoms with Crippen LogP contribution in [0.25, 0.3) is 11.3 Å². The van der Waals surface area contributed by atoms with Crippen molar-refractivity contribution in [3.63, 3.8) is 0 Å². The van der Waals surface area contributed by atoms with Crippen molar-refractivity contribution < 1.29 is 9.47 Å². The van der Waals surface area contributed by atoms with Crippen molar-refractivity contribution in [2.45, 2.75) is 6.92 Å². The Kier molecular flexibility index (Phi) is 4.01. The highest BCUT2D eigenvalue weighted by atomic mass is 16.5. The number of hydrogen-bond donors (Lipinski definition) is 0. The molecule has 0 saturated heterocycles. The molecular weight excluding hydrogens is 276 g/mol. The van der Waals surface area contributed by atoms with Gasteiger partial charge in [-0.2, -0.15) is 0 Å². The maximum Gasteiger partial charge on any atom is 0.240 e. The van der Waals surface area contributed by atoms with Crippen LogP contribution in [0.1, 0.15) is 5.69 Å². The molecule has 3 rings (SSSR count). The van der Waals surface area contributed by atoms with Gasteiger partial charge in [0.2, 0.25) is 5.88 Å². The first-order valence-electron chi connectivity index (χ1n) is 6.97. The largest absolute Gasteiger partial charge is 0.479 e. The molecule has 0 aliphatic rings. The number of nitrogens with zero attached hydrogens (tertiary/aromatic N) is 2. The van der Waals surface area contributed by atoms with E-state index in [1.165, 1.54) is 0 Å². The van der Waals surface area contributed by atoms with Gasteiger partial charge >= 0.3 is 0 Å². The molecule has 2 aromatic carbocycles. The van der Waals surface area contributed by atoms with Gasteiger partial charge in [0.15, 0.2) is 0 Å². The van der Waals surface area contributed by atoms with Crippen LogP contribution >= 0.6 is 0 Å². The van der Waals surface area contributed by atoms with E-state index in [0.717, 1.165) is 28.5 Å². The molecule has 0 spiro atoms.